The maximum atomic E-state index is 12.9. The van der Waals surface area contributed by atoms with Crippen LogP contribution in [0.4, 0.5) is 10.5 Å². The molecule has 138 valence electrons. The molecule has 3 aliphatic heterocycles. The fourth-order valence-corrected chi connectivity index (χ4v) is 3.85. The Hall–Kier alpha value is -2.32. The summed E-state index contributed by atoms with van der Waals surface area (Å²) < 4.78 is 5.25. The van der Waals surface area contributed by atoms with Gasteiger partial charge >= 0.3 is 6.03 Å². The Morgan fingerprint density at radius 2 is 2.00 bits per heavy atom. The molecule has 2 fully saturated rings. The third-order valence-corrected chi connectivity index (χ3v) is 5.24. The minimum atomic E-state index is -0.737. The molecule has 2 atom stereocenters. The van der Waals surface area contributed by atoms with Crippen LogP contribution in [-0.4, -0.2) is 72.6 Å². The monoisotopic (exact) mass is 378 g/mol. The predicted octanol–water partition coefficient (Wildman–Crippen LogP) is 0.917. The molecule has 8 nitrogen and oxygen atoms in total. The van der Waals surface area contributed by atoms with Crippen molar-refractivity contribution in [2.24, 2.45) is 0 Å². The summed E-state index contributed by atoms with van der Waals surface area (Å²) in [6.45, 7) is 2.45. The molecule has 4 rings (SSSR count). The van der Waals surface area contributed by atoms with Gasteiger partial charge in [0.1, 0.15) is 6.04 Å². The molecule has 3 aliphatic rings. The molecule has 2 saturated heterocycles. The summed E-state index contributed by atoms with van der Waals surface area (Å²) in [4.78, 5) is 41.3. The molecule has 2 N–H and O–H groups in total. The van der Waals surface area contributed by atoms with Gasteiger partial charge in [-0.1, -0.05) is 11.6 Å². The molecule has 0 saturated carbocycles. The fraction of sp³-hybridized carbons (Fsp3) is 0.471. The SMILES string of the molecule is O=C1Nc2cc(Cl)ccc2C(=O)N2CC[C@H](NC(=O)N3CCOCC3)[C@H]12. The van der Waals surface area contributed by atoms with Crippen molar-refractivity contribution in [1.82, 2.24) is 15.1 Å². The van der Waals surface area contributed by atoms with Crippen LogP contribution in [0.1, 0.15) is 16.8 Å². The van der Waals surface area contributed by atoms with E-state index in [0.29, 0.717) is 55.5 Å². The Morgan fingerprint density at radius 3 is 2.77 bits per heavy atom. The number of morpholine rings is 1. The van der Waals surface area contributed by atoms with Crippen molar-refractivity contribution in [2.75, 3.05) is 38.2 Å². The number of ether oxygens (including phenoxy) is 1. The topological polar surface area (TPSA) is 91.0 Å². The molecule has 9 heteroatoms. The summed E-state index contributed by atoms with van der Waals surface area (Å²) in [7, 11) is 0. The lowest BCUT2D eigenvalue weighted by Crippen LogP contribution is -2.55. The first-order valence-electron chi connectivity index (χ1n) is 8.59. The molecule has 0 radical (unpaired) electrons. The van der Waals surface area contributed by atoms with Gasteiger partial charge in [0.05, 0.1) is 30.5 Å². The van der Waals surface area contributed by atoms with E-state index < -0.39 is 12.1 Å². The number of nitrogens with zero attached hydrogens (tertiary/aromatic N) is 2. The van der Waals surface area contributed by atoms with Crippen molar-refractivity contribution in [1.29, 1.82) is 0 Å². The number of carbonyl (C=O) groups excluding carboxylic acids is 3. The Labute approximate surface area is 155 Å². The largest absolute Gasteiger partial charge is 0.378 e. The molecule has 0 unspecified atom stereocenters. The maximum Gasteiger partial charge on any atom is 0.317 e. The molecule has 1 aromatic carbocycles. The van der Waals surface area contributed by atoms with Crippen LogP contribution in [0.25, 0.3) is 0 Å². The Kier molecular flexibility index (Phi) is 4.46. The van der Waals surface area contributed by atoms with Crippen molar-refractivity contribution < 1.29 is 19.1 Å². The smallest absolute Gasteiger partial charge is 0.317 e. The van der Waals surface area contributed by atoms with Crippen molar-refractivity contribution >= 4 is 35.1 Å². The second-order valence-corrected chi connectivity index (χ2v) is 7.00. The number of hydrogen-bond donors (Lipinski definition) is 2. The molecular formula is C17H19ClN4O4. The van der Waals surface area contributed by atoms with Crippen LogP contribution in [0.3, 0.4) is 0 Å². The van der Waals surface area contributed by atoms with E-state index in [1.54, 1.807) is 23.1 Å². The zero-order chi connectivity index (χ0) is 18.3. The summed E-state index contributed by atoms with van der Waals surface area (Å²) in [6.07, 6.45) is 0.531. The van der Waals surface area contributed by atoms with Crippen molar-refractivity contribution in [2.45, 2.75) is 18.5 Å². The highest BCUT2D eigenvalue weighted by molar-refractivity contribution is 6.31. The predicted molar refractivity (Wildman–Crippen MR) is 94.2 cm³/mol. The molecule has 0 bridgehead atoms. The van der Waals surface area contributed by atoms with E-state index in [4.69, 9.17) is 16.3 Å². The van der Waals surface area contributed by atoms with Crippen LogP contribution >= 0.6 is 11.6 Å². The van der Waals surface area contributed by atoms with E-state index in [-0.39, 0.29) is 17.8 Å². The lowest BCUT2D eigenvalue weighted by molar-refractivity contribution is -0.120. The van der Waals surface area contributed by atoms with Gasteiger partial charge in [-0.2, -0.15) is 0 Å². The highest BCUT2D eigenvalue weighted by atomic mass is 35.5. The van der Waals surface area contributed by atoms with Crippen LogP contribution in [0.15, 0.2) is 18.2 Å². The van der Waals surface area contributed by atoms with Crippen molar-refractivity contribution in [3.63, 3.8) is 0 Å². The normalized spacial score (nSPS) is 25.3. The van der Waals surface area contributed by atoms with E-state index >= 15 is 0 Å². The van der Waals surface area contributed by atoms with Crippen LogP contribution in [0.5, 0.6) is 0 Å². The zero-order valence-electron chi connectivity index (χ0n) is 14.0. The summed E-state index contributed by atoms with van der Waals surface area (Å²) >= 11 is 5.98. The number of urea groups is 1. The lowest BCUT2D eigenvalue weighted by atomic mass is 10.1. The van der Waals surface area contributed by atoms with Gasteiger partial charge in [0, 0.05) is 24.7 Å². The third-order valence-electron chi connectivity index (χ3n) is 5.00. The minimum absolute atomic E-state index is 0.231. The van der Waals surface area contributed by atoms with Crippen LogP contribution in [-0.2, 0) is 9.53 Å². The number of nitrogens with one attached hydrogen (secondary N) is 2. The number of rotatable bonds is 1. The van der Waals surface area contributed by atoms with Crippen molar-refractivity contribution in [3.8, 4) is 0 Å². The first-order valence-corrected chi connectivity index (χ1v) is 8.97. The number of halogens is 1. The average molecular weight is 379 g/mol. The maximum absolute atomic E-state index is 12.9. The molecule has 1 aromatic rings. The van der Waals surface area contributed by atoms with E-state index in [1.807, 2.05) is 0 Å². The number of fused-ring (bicyclic) bond motifs is 2. The second kappa shape index (κ2) is 6.77. The third kappa shape index (κ3) is 2.99. The zero-order valence-corrected chi connectivity index (χ0v) is 14.8. The summed E-state index contributed by atoms with van der Waals surface area (Å²) in [5.74, 6) is -0.549. The Balaban J connectivity index is 1.54. The van der Waals surface area contributed by atoms with E-state index in [9.17, 15) is 14.4 Å². The van der Waals surface area contributed by atoms with Gasteiger partial charge in [0.15, 0.2) is 0 Å². The number of anilines is 1. The van der Waals surface area contributed by atoms with E-state index in [0.717, 1.165) is 0 Å². The first-order chi connectivity index (χ1) is 12.5. The fourth-order valence-electron chi connectivity index (χ4n) is 3.68. The van der Waals surface area contributed by atoms with Gasteiger partial charge < -0.3 is 25.2 Å². The van der Waals surface area contributed by atoms with Gasteiger partial charge in [-0.25, -0.2) is 4.79 Å². The molecular weight excluding hydrogens is 360 g/mol. The minimum Gasteiger partial charge on any atom is -0.378 e. The van der Waals surface area contributed by atoms with Gasteiger partial charge in [0.25, 0.3) is 5.91 Å². The van der Waals surface area contributed by atoms with Gasteiger partial charge in [-0.15, -0.1) is 0 Å². The number of benzene rings is 1. The van der Waals surface area contributed by atoms with Crippen LogP contribution < -0.4 is 10.6 Å². The van der Waals surface area contributed by atoms with Crippen molar-refractivity contribution in [3.05, 3.63) is 28.8 Å². The highest BCUT2D eigenvalue weighted by Crippen LogP contribution is 2.30. The lowest BCUT2D eigenvalue weighted by Gasteiger charge is -2.30. The number of carbonyl (C=O) groups is 3. The number of hydrogen-bond acceptors (Lipinski definition) is 4. The highest BCUT2D eigenvalue weighted by Gasteiger charge is 2.45. The first kappa shape index (κ1) is 17.1. The molecule has 0 aromatic heterocycles. The van der Waals surface area contributed by atoms with E-state index in [1.165, 1.54) is 4.90 Å². The quantitative estimate of drug-likeness (QED) is 0.760. The molecule has 0 aliphatic carbocycles. The molecule has 0 spiro atoms. The summed E-state index contributed by atoms with van der Waals surface area (Å²) in [6, 6.07) is 3.40. The van der Waals surface area contributed by atoms with Crippen LogP contribution in [0.2, 0.25) is 5.02 Å². The van der Waals surface area contributed by atoms with Gasteiger partial charge in [0.2, 0.25) is 5.91 Å². The Morgan fingerprint density at radius 1 is 1.23 bits per heavy atom. The Bertz CT molecular complexity index is 765. The standard InChI is InChI=1S/C17H19ClN4O4/c18-10-1-2-11-13(9-10)19-15(23)14-12(3-4-22(14)16(11)24)20-17(25)21-5-7-26-8-6-21/h1-2,9,12,14H,3-8H2,(H,19,23)(H,20,25)/t12-,14+/m0/s1. The number of amides is 4. The van der Waals surface area contributed by atoms with Gasteiger partial charge in [-0.05, 0) is 24.6 Å². The second-order valence-electron chi connectivity index (χ2n) is 6.57. The molecule has 3 heterocycles. The van der Waals surface area contributed by atoms with E-state index in [2.05, 4.69) is 10.6 Å². The van der Waals surface area contributed by atoms with Crippen LogP contribution in [0, 0.1) is 0 Å². The molecule has 4 amide bonds. The summed E-state index contributed by atoms with van der Waals surface area (Å²) in [5.41, 5.74) is 0.811. The average Bonchev–Trinajstić information content (AvgIpc) is 3.01. The van der Waals surface area contributed by atoms with Gasteiger partial charge in [-0.3, -0.25) is 9.59 Å². The summed E-state index contributed by atoms with van der Waals surface area (Å²) in [5, 5.41) is 6.13. The molecule has 26 heavy (non-hydrogen) atoms.